The lowest BCUT2D eigenvalue weighted by molar-refractivity contribution is 0.0600. The summed E-state index contributed by atoms with van der Waals surface area (Å²) in [5.41, 5.74) is 10.3. The molecule has 0 unspecified atom stereocenters. The molecule has 0 atom stereocenters. The largest absolute Gasteiger partial charge is 0.465 e. The van der Waals surface area contributed by atoms with Gasteiger partial charge in [-0.1, -0.05) is 12.1 Å². The molecule has 0 spiro atoms. The van der Waals surface area contributed by atoms with E-state index in [0.717, 1.165) is 42.0 Å². The van der Waals surface area contributed by atoms with Crippen LogP contribution in [0.25, 0.3) is 11.1 Å². The smallest absolute Gasteiger partial charge is 0.337 e. The van der Waals surface area contributed by atoms with E-state index in [-0.39, 0.29) is 5.97 Å². The summed E-state index contributed by atoms with van der Waals surface area (Å²) in [5.74, 6) is -0.829. The second-order valence-electron chi connectivity index (χ2n) is 6.66. The summed E-state index contributed by atoms with van der Waals surface area (Å²) in [6.07, 6.45) is 0.974. The third-order valence-electron chi connectivity index (χ3n) is 4.61. The Morgan fingerprint density at radius 2 is 1.73 bits per heavy atom. The van der Waals surface area contributed by atoms with Gasteiger partial charge in [-0.2, -0.15) is 0 Å². The van der Waals surface area contributed by atoms with E-state index in [1.54, 1.807) is 12.1 Å². The maximum absolute atomic E-state index is 12.1. The predicted molar refractivity (Wildman–Crippen MR) is 102 cm³/mol. The first-order chi connectivity index (χ1) is 12.3. The molecule has 1 aromatic heterocycles. The van der Waals surface area contributed by atoms with Crippen molar-refractivity contribution in [2.45, 2.75) is 26.8 Å². The number of carbonyl (C=O) groups excluding carboxylic acids is 2. The molecule has 2 N–H and O–H groups in total. The molecule has 1 amide bonds. The van der Waals surface area contributed by atoms with Gasteiger partial charge >= 0.3 is 5.97 Å². The van der Waals surface area contributed by atoms with Crippen LogP contribution < -0.4 is 5.73 Å². The maximum atomic E-state index is 12.1. The van der Waals surface area contributed by atoms with Gasteiger partial charge in [-0.05, 0) is 58.6 Å². The lowest BCUT2D eigenvalue weighted by Crippen LogP contribution is -2.16. The van der Waals surface area contributed by atoms with Gasteiger partial charge in [0, 0.05) is 23.5 Å². The number of hydrogen-bond donors (Lipinski definition) is 1. The number of nitrogens with two attached hydrogens (primary N) is 1. The van der Waals surface area contributed by atoms with Gasteiger partial charge in [-0.25, -0.2) is 4.79 Å². The van der Waals surface area contributed by atoms with Crippen molar-refractivity contribution in [1.29, 1.82) is 0 Å². The number of aromatic nitrogens is 1. The fourth-order valence-electron chi connectivity index (χ4n) is 3.31. The number of carbonyl (C=O) groups is 2. The number of ether oxygens (including phenoxy) is 1. The summed E-state index contributed by atoms with van der Waals surface area (Å²) < 4.78 is 6.88. The third kappa shape index (κ3) is 3.96. The second kappa shape index (κ2) is 8.19. The lowest BCUT2D eigenvalue weighted by atomic mass is 9.99. The van der Waals surface area contributed by atoms with Gasteiger partial charge in [0.2, 0.25) is 0 Å². The zero-order chi connectivity index (χ0) is 19.4. The van der Waals surface area contributed by atoms with Gasteiger partial charge in [0.05, 0.1) is 18.2 Å². The van der Waals surface area contributed by atoms with Crippen molar-refractivity contribution >= 4 is 11.9 Å². The molecule has 0 fully saturated rings. The highest BCUT2D eigenvalue weighted by Gasteiger charge is 2.22. The first-order valence-corrected chi connectivity index (χ1v) is 8.60. The second-order valence-corrected chi connectivity index (χ2v) is 6.66. The van der Waals surface area contributed by atoms with E-state index in [1.807, 2.05) is 40.1 Å². The first-order valence-electron chi connectivity index (χ1n) is 8.60. The maximum Gasteiger partial charge on any atom is 0.337 e. The van der Waals surface area contributed by atoms with Crippen LogP contribution >= 0.6 is 0 Å². The van der Waals surface area contributed by atoms with Gasteiger partial charge < -0.3 is 19.9 Å². The third-order valence-corrected chi connectivity index (χ3v) is 4.61. The standard InChI is InChI=1S/C20H27N3O3/c1-13-17(15-7-9-16(10-8-15)20(25)26-5)18(19(21)24)14(2)23(13)12-6-11-22(3)4/h7-10H,6,11-12H2,1-5H3,(H2,21,24). The van der Waals surface area contributed by atoms with Crippen LogP contribution in [0, 0.1) is 13.8 Å². The summed E-state index contributed by atoms with van der Waals surface area (Å²) in [6, 6.07) is 7.05. The molecule has 6 heteroatoms. The monoisotopic (exact) mass is 357 g/mol. The molecule has 0 radical (unpaired) electrons. The minimum absolute atomic E-state index is 0.388. The zero-order valence-electron chi connectivity index (χ0n) is 16.1. The molecule has 2 rings (SSSR count). The molecule has 0 aliphatic carbocycles. The van der Waals surface area contributed by atoms with Crippen molar-refractivity contribution in [3.8, 4) is 11.1 Å². The summed E-state index contributed by atoms with van der Waals surface area (Å²) in [5, 5.41) is 0. The van der Waals surface area contributed by atoms with Crippen LogP contribution in [0.1, 0.15) is 38.5 Å². The van der Waals surface area contributed by atoms with Gasteiger partial charge in [0.15, 0.2) is 0 Å². The number of nitrogens with zero attached hydrogens (tertiary/aromatic N) is 2. The molecule has 140 valence electrons. The predicted octanol–water partition coefficient (Wildman–Crippen LogP) is 2.61. The van der Waals surface area contributed by atoms with Gasteiger partial charge in [-0.15, -0.1) is 0 Å². The van der Waals surface area contributed by atoms with Crippen LogP contribution in [0.2, 0.25) is 0 Å². The molecule has 2 aromatic rings. The van der Waals surface area contributed by atoms with Crippen molar-refractivity contribution in [3.05, 3.63) is 46.8 Å². The Bertz CT molecular complexity index is 805. The van der Waals surface area contributed by atoms with Crippen LogP contribution in [0.15, 0.2) is 24.3 Å². The summed E-state index contributed by atoms with van der Waals surface area (Å²) in [4.78, 5) is 25.9. The van der Waals surface area contributed by atoms with Gasteiger partial charge in [0.25, 0.3) is 5.91 Å². The first kappa shape index (κ1) is 19.7. The minimum atomic E-state index is -0.441. The molecular weight excluding hydrogens is 330 g/mol. The fourth-order valence-corrected chi connectivity index (χ4v) is 3.31. The number of benzene rings is 1. The highest BCUT2D eigenvalue weighted by Crippen LogP contribution is 2.32. The molecule has 0 aliphatic heterocycles. The number of rotatable bonds is 7. The minimum Gasteiger partial charge on any atom is -0.465 e. The Kier molecular flexibility index (Phi) is 6.21. The van der Waals surface area contributed by atoms with Crippen LogP contribution in [0.3, 0.4) is 0 Å². The van der Waals surface area contributed by atoms with Gasteiger partial charge in [-0.3, -0.25) is 4.79 Å². The van der Waals surface area contributed by atoms with Crippen LogP contribution in [0.5, 0.6) is 0 Å². The van der Waals surface area contributed by atoms with E-state index < -0.39 is 5.91 Å². The highest BCUT2D eigenvalue weighted by atomic mass is 16.5. The van der Waals surface area contributed by atoms with Crippen molar-refractivity contribution < 1.29 is 14.3 Å². The molecule has 0 saturated carbocycles. The molecule has 0 saturated heterocycles. The molecule has 1 aromatic carbocycles. The summed E-state index contributed by atoms with van der Waals surface area (Å²) in [6.45, 7) is 5.70. The molecule has 1 heterocycles. The van der Waals surface area contributed by atoms with Crippen molar-refractivity contribution in [1.82, 2.24) is 9.47 Å². The summed E-state index contributed by atoms with van der Waals surface area (Å²) in [7, 11) is 5.43. The number of primary amides is 1. The molecule has 0 bridgehead atoms. The molecule has 6 nitrogen and oxygen atoms in total. The highest BCUT2D eigenvalue weighted by molar-refractivity contribution is 6.02. The Hall–Kier alpha value is -2.60. The fraction of sp³-hybridized carbons (Fsp3) is 0.400. The lowest BCUT2D eigenvalue weighted by Gasteiger charge is -2.13. The van der Waals surface area contributed by atoms with Crippen molar-refractivity contribution in [3.63, 3.8) is 0 Å². The zero-order valence-corrected chi connectivity index (χ0v) is 16.1. The van der Waals surface area contributed by atoms with Gasteiger partial charge in [0.1, 0.15) is 0 Å². The number of methoxy groups -OCH3 is 1. The normalized spacial score (nSPS) is 11.0. The number of amides is 1. The SMILES string of the molecule is COC(=O)c1ccc(-c2c(C(N)=O)c(C)n(CCCN(C)C)c2C)cc1. The summed E-state index contributed by atoms with van der Waals surface area (Å²) >= 11 is 0. The average Bonchev–Trinajstić information content (AvgIpc) is 2.85. The van der Waals surface area contributed by atoms with E-state index >= 15 is 0 Å². The number of hydrogen-bond acceptors (Lipinski definition) is 4. The Morgan fingerprint density at radius 1 is 1.12 bits per heavy atom. The Labute approximate surface area is 154 Å². The molecular formula is C20H27N3O3. The van der Waals surface area contributed by atoms with Crippen molar-refractivity contribution in [2.24, 2.45) is 5.73 Å². The van der Waals surface area contributed by atoms with Crippen LogP contribution in [-0.4, -0.2) is 49.1 Å². The van der Waals surface area contributed by atoms with E-state index in [0.29, 0.717) is 11.1 Å². The van der Waals surface area contributed by atoms with E-state index in [4.69, 9.17) is 10.5 Å². The van der Waals surface area contributed by atoms with Crippen LogP contribution in [0.4, 0.5) is 0 Å². The van der Waals surface area contributed by atoms with E-state index in [2.05, 4.69) is 9.47 Å². The van der Waals surface area contributed by atoms with E-state index in [1.165, 1.54) is 7.11 Å². The molecule has 0 aliphatic rings. The number of esters is 1. The topological polar surface area (TPSA) is 77.6 Å². The Balaban J connectivity index is 2.47. The van der Waals surface area contributed by atoms with Crippen molar-refractivity contribution in [2.75, 3.05) is 27.7 Å². The van der Waals surface area contributed by atoms with Crippen LogP contribution in [-0.2, 0) is 11.3 Å². The molecule has 26 heavy (non-hydrogen) atoms. The quantitative estimate of drug-likeness (QED) is 0.773. The average molecular weight is 357 g/mol. The van der Waals surface area contributed by atoms with E-state index in [9.17, 15) is 9.59 Å². The Morgan fingerprint density at radius 3 is 2.23 bits per heavy atom.